The number of carbonyl (C=O) groups excluding carboxylic acids is 1. The Morgan fingerprint density at radius 2 is 1.89 bits per heavy atom. The maximum Gasteiger partial charge on any atom is 0.262 e. The molecule has 0 saturated heterocycles. The summed E-state index contributed by atoms with van der Waals surface area (Å²) < 4.78 is 39.8. The zero-order chi connectivity index (χ0) is 14.0. The summed E-state index contributed by atoms with van der Waals surface area (Å²) in [7, 11) is 0. The standard InChI is InChI=1S/C12H8F3N3O/c13-6-4-5-7(16)11(15)10(6)12(19)18-9-3-1-2-8(14)17-9/h1-5H,16H2,(H,17,18,19). The van der Waals surface area contributed by atoms with Gasteiger partial charge in [-0.05, 0) is 24.3 Å². The largest absolute Gasteiger partial charge is 0.396 e. The van der Waals surface area contributed by atoms with Crippen molar-refractivity contribution in [3.05, 3.63) is 53.5 Å². The van der Waals surface area contributed by atoms with E-state index < -0.39 is 29.1 Å². The van der Waals surface area contributed by atoms with Crippen molar-refractivity contribution in [2.24, 2.45) is 0 Å². The SMILES string of the molecule is Nc1ccc(F)c(C(=O)Nc2cccc(F)n2)c1F. The van der Waals surface area contributed by atoms with Crippen molar-refractivity contribution in [1.29, 1.82) is 0 Å². The third-order valence-corrected chi connectivity index (χ3v) is 2.30. The van der Waals surface area contributed by atoms with Gasteiger partial charge in [0, 0.05) is 0 Å². The van der Waals surface area contributed by atoms with Crippen molar-refractivity contribution >= 4 is 17.4 Å². The molecule has 3 N–H and O–H groups in total. The lowest BCUT2D eigenvalue weighted by atomic mass is 10.1. The lowest BCUT2D eigenvalue weighted by molar-refractivity contribution is 0.101. The van der Waals surface area contributed by atoms with Crippen LogP contribution in [-0.2, 0) is 0 Å². The molecule has 0 unspecified atom stereocenters. The van der Waals surface area contributed by atoms with E-state index in [4.69, 9.17) is 5.73 Å². The van der Waals surface area contributed by atoms with Crippen LogP contribution in [0.5, 0.6) is 0 Å². The number of anilines is 2. The van der Waals surface area contributed by atoms with E-state index in [0.29, 0.717) is 0 Å². The molecule has 19 heavy (non-hydrogen) atoms. The van der Waals surface area contributed by atoms with Crippen LogP contribution < -0.4 is 11.1 Å². The van der Waals surface area contributed by atoms with Crippen LogP contribution >= 0.6 is 0 Å². The Bertz CT molecular complexity index is 646. The number of aromatic nitrogens is 1. The Balaban J connectivity index is 2.33. The van der Waals surface area contributed by atoms with Gasteiger partial charge in [-0.15, -0.1) is 0 Å². The third-order valence-electron chi connectivity index (χ3n) is 2.30. The van der Waals surface area contributed by atoms with Crippen LogP contribution in [0.15, 0.2) is 30.3 Å². The van der Waals surface area contributed by atoms with Crippen molar-refractivity contribution < 1.29 is 18.0 Å². The fourth-order valence-corrected chi connectivity index (χ4v) is 1.43. The highest BCUT2D eigenvalue weighted by atomic mass is 19.1. The summed E-state index contributed by atoms with van der Waals surface area (Å²) in [5, 5.41) is 2.08. The molecule has 2 rings (SSSR count). The first-order valence-corrected chi connectivity index (χ1v) is 5.16. The van der Waals surface area contributed by atoms with Gasteiger partial charge in [0.25, 0.3) is 5.91 Å². The second kappa shape index (κ2) is 4.97. The number of pyridine rings is 1. The molecule has 1 aromatic carbocycles. The predicted molar refractivity (Wildman–Crippen MR) is 62.9 cm³/mol. The smallest absolute Gasteiger partial charge is 0.262 e. The molecule has 1 aromatic heterocycles. The van der Waals surface area contributed by atoms with Gasteiger partial charge in [0.1, 0.15) is 17.2 Å². The van der Waals surface area contributed by atoms with Gasteiger partial charge in [0.05, 0.1) is 5.69 Å². The highest BCUT2D eigenvalue weighted by Crippen LogP contribution is 2.19. The van der Waals surface area contributed by atoms with E-state index in [-0.39, 0.29) is 11.5 Å². The second-order valence-electron chi connectivity index (χ2n) is 3.63. The van der Waals surface area contributed by atoms with E-state index in [1.165, 1.54) is 12.1 Å². The predicted octanol–water partition coefficient (Wildman–Crippen LogP) is 2.33. The molecule has 0 aliphatic rings. The second-order valence-corrected chi connectivity index (χ2v) is 3.63. The van der Waals surface area contributed by atoms with Crippen LogP contribution in [-0.4, -0.2) is 10.9 Å². The first-order valence-electron chi connectivity index (χ1n) is 5.16. The van der Waals surface area contributed by atoms with Gasteiger partial charge in [-0.3, -0.25) is 4.79 Å². The molecular weight excluding hydrogens is 259 g/mol. The van der Waals surface area contributed by atoms with Crippen molar-refractivity contribution in [3.63, 3.8) is 0 Å². The molecule has 0 bridgehead atoms. The number of rotatable bonds is 2. The Labute approximate surface area is 106 Å². The van der Waals surface area contributed by atoms with Gasteiger partial charge in [0.2, 0.25) is 5.95 Å². The Hall–Kier alpha value is -2.57. The van der Waals surface area contributed by atoms with Crippen LogP contribution in [0.1, 0.15) is 10.4 Å². The molecule has 0 spiro atoms. The molecule has 7 heteroatoms. The number of carbonyl (C=O) groups is 1. The van der Waals surface area contributed by atoms with Crippen LogP contribution in [0.25, 0.3) is 0 Å². The number of benzene rings is 1. The van der Waals surface area contributed by atoms with E-state index in [1.807, 2.05) is 0 Å². The maximum atomic E-state index is 13.6. The molecule has 0 saturated carbocycles. The molecular formula is C12H8F3N3O. The molecule has 0 atom stereocenters. The summed E-state index contributed by atoms with van der Waals surface area (Å²) in [6.45, 7) is 0. The molecule has 1 heterocycles. The number of halogens is 3. The molecule has 98 valence electrons. The fourth-order valence-electron chi connectivity index (χ4n) is 1.43. The molecule has 0 aliphatic heterocycles. The van der Waals surface area contributed by atoms with Crippen LogP contribution in [0.3, 0.4) is 0 Å². The topological polar surface area (TPSA) is 68.0 Å². The van der Waals surface area contributed by atoms with Crippen molar-refractivity contribution in [1.82, 2.24) is 4.98 Å². The normalized spacial score (nSPS) is 10.3. The lowest BCUT2D eigenvalue weighted by Crippen LogP contribution is -2.17. The quantitative estimate of drug-likeness (QED) is 0.648. The van der Waals surface area contributed by atoms with Gasteiger partial charge in [-0.25, -0.2) is 13.8 Å². The number of nitrogen functional groups attached to an aromatic ring is 1. The van der Waals surface area contributed by atoms with Crippen molar-refractivity contribution in [2.45, 2.75) is 0 Å². The van der Waals surface area contributed by atoms with Gasteiger partial charge in [-0.2, -0.15) is 4.39 Å². The van der Waals surface area contributed by atoms with Crippen LogP contribution in [0.4, 0.5) is 24.7 Å². The average Bonchev–Trinajstić information content (AvgIpc) is 2.34. The summed E-state index contributed by atoms with van der Waals surface area (Å²) in [6, 6.07) is 5.51. The summed E-state index contributed by atoms with van der Waals surface area (Å²) in [5.41, 5.74) is 4.04. The van der Waals surface area contributed by atoms with E-state index in [2.05, 4.69) is 10.3 Å². The number of nitrogens with one attached hydrogen (secondary N) is 1. The lowest BCUT2D eigenvalue weighted by Gasteiger charge is -2.07. The first-order chi connectivity index (χ1) is 8.99. The van der Waals surface area contributed by atoms with E-state index >= 15 is 0 Å². The molecule has 4 nitrogen and oxygen atoms in total. The summed E-state index contributed by atoms with van der Waals surface area (Å²) in [5.74, 6) is -4.33. The van der Waals surface area contributed by atoms with Gasteiger partial charge in [0.15, 0.2) is 5.82 Å². The molecule has 0 radical (unpaired) electrons. The Morgan fingerprint density at radius 3 is 2.58 bits per heavy atom. The maximum absolute atomic E-state index is 13.6. The summed E-state index contributed by atoms with van der Waals surface area (Å²) in [6.07, 6.45) is 0. The third kappa shape index (κ3) is 2.65. The molecule has 0 aliphatic carbocycles. The Morgan fingerprint density at radius 1 is 1.16 bits per heavy atom. The van der Waals surface area contributed by atoms with E-state index in [0.717, 1.165) is 18.2 Å². The minimum absolute atomic E-state index is 0.161. The number of nitrogens with two attached hydrogens (primary N) is 1. The van der Waals surface area contributed by atoms with Crippen molar-refractivity contribution in [2.75, 3.05) is 11.1 Å². The van der Waals surface area contributed by atoms with Crippen molar-refractivity contribution in [3.8, 4) is 0 Å². The number of amides is 1. The summed E-state index contributed by atoms with van der Waals surface area (Å²) in [4.78, 5) is 15.1. The minimum atomic E-state index is -1.17. The fraction of sp³-hybridized carbons (Fsp3) is 0. The van der Waals surface area contributed by atoms with Crippen LogP contribution in [0.2, 0.25) is 0 Å². The van der Waals surface area contributed by atoms with Crippen LogP contribution in [0, 0.1) is 17.6 Å². The number of nitrogens with zero attached hydrogens (tertiary/aromatic N) is 1. The number of hydrogen-bond donors (Lipinski definition) is 2. The Kier molecular flexibility index (Phi) is 3.37. The number of hydrogen-bond acceptors (Lipinski definition) is 3. The summed E-state index contributed by atoms with van der Waals surface area (Å²) >= 11 is 0. The van der Waals surface area contributed by atoms with Gasteiger partial charge < -0.3 is 11.1 Å². The monoisotopic (exact) mass is 267 g/mol. The zero-order valence-corrected chi connectivity index (χ0v) is 9.45. The zero-order valence-electron chi connectivity index (χ0n) is 9.45. The first kappa shape index (κ1) is 12.9. The molecule has 1 amide bonds. The molecule has 0 fully saturated rings. The highest BCUT2D eigenvalue weighted by Gasteiger charge is 2.20. The molecule has 2 aromatic rings. The van der Waals surface area contributed by atoms with E-state index in [9.17, 15) is 18.0 Å². The van der Waals surface area contributed by atoms with Gasteiger partial charge >= 0.3 is 0 Å². The van der Waals surface area contributed by atoms with E-state index in [1.54, 1.807) is 0 Å². The average molecular weight is 267 g/mol. The van der Waals surface area contributed by atoms with Gasteiger partial charge in [-0.1, -0.05) is 6.07 Å². The minimum Gasteiger partial charge on any atom is -0.396 e. The highest BCUT2D eigenvalue weighted by molar-refractivity contribution is 6.04.